The minimum absolute atomic E-state index is 0.0176. The number of esters is 1. The predicted molar refractivity (Wildman–Crippen MR) is 98.2 cm³/mol. The third-order valence-electron chi connectivity index (χ3n) is 2.73. The van der Waals surface area contributed by atoms with Crippen molar-refractivity contribution in [2.24, 2.45) is 0 Å². The van der Waals surface area contributed by atoms with E-state index >= 15 is 0 Å². The van der Waals surface area contributed by atoms with E-state index in [2.05, 4.69) is 32.5 Å². The van der Waals surface area contributed by atoms with Crippen LogP contribution >= 0.6 is 22.6 Å². The number of halogens is 1. The van der Waals surface area contributed by atoms with Crippen LogP contribution in [-0.2, 0) is 20.5 Å². The molecule has 23 heavy (non-hydrogen) atoms. The lowest BCUT2D eigenvalue weighted by Gasteiger charge is -2.24. The number of hydrogen-bond donors (Lipinski definition) is 1. The first-order valence-electron chi connectivity index (χ1n) is 7.33. The van der Waals surface area contributed by atoms with Crippen LogP contribution in [0.15, 0.2) is 4.52 Å². The molecule has 2 atom stereocenters. The van der Waals surface area contributed by atoms with Crippen molar-refractivity contribution in [3.05, 3.63) is 15.0 Å². The standard InChI is InChI=1S/C15H25IN2O4S/c1-9-12(16)13(22-17-9)10(18-23(20)15(5,6)7)8-11(19)21-14(2,3)4/h10,18H,8H2,1-7H3/t10-,23-/m0/s1. The van der Waals surface area contributed by atoms with Gasteiger partial charge in [0.05, 0.1) is 37.5 Å². The zero-order chi connectivity index (χ0) is 18.0. The Balaban J connectivity index is 3.00. The first-order chi connectivity index (χ1) is 10.3. The average molecular weight is 456 g/mol. The van der Waals surface area contributed by atoms with Crippen molar-refractivity contribution in [3.63, 3.8) is 0 Å². The van der Waals surface area contributed by atoms with Crippen molar-refractivity contribution in [3.8, 4) is 0 Å². The quantitative estimate of drug-likeness (QED) is 0.543. The molecule has 8 heteroatoms. The smallest absolute Gasteiger partial charge is 0.308 e. The second kappa shape index (κ2) is 7.60. The maximum absolute atomic E-state index is 12.4. The third-order valence-corrected chi connectivity index (χ3v) is 5.65. The van der Waals surface area contributed by atoms with Crippen molar-refractivity contribution < 1.29 is 18.3 Å². The van der Waals surface area contributed by atoms with E-state index in [9.17, 15) is 9.00 Å². The molecule has 0 saturated heterocycles. The molecule has 0 aliphatic heterocycles. The van der Waals surface area contributed by atoms with Gasteiger partial charge in [0.1, 0.15) is 5.60 Å². The highest BCUT2D eigenvalue weighted by atomic mass is 127. The predicted octanol–water partition coefficient (Wildman–Crippen LogP) is 3.41. The number of hydrogen-bond acceptors (Lipinski definition) is 5. The molecule has 0 aliphatic rings. The lowest BCUT2D eigenvalue weighted by Crippen LogP contribution is -2.37. The van der Waals surface area contributed by atoms with Crippen LogP contribution in [0.3, 0.4) is 0 Å². The Morgan fingerprint density at radius 2 is 1.91 bits per heavy atom. The van der Waals surface area contributed by atoms with Crippen molar-refractivity contribution in [2.45, 2.75) is 71.3 Å². The van der Waals surface area contributed by atoms with Gasteiger partial charge in [-0.3, -0.25) is 4.79 Å². The van der Waals surface area contributed by atoms with E-state index in [-0.39, 0.29) is 12.4 Å². The number of rotatable bonds is 5. The number of aryl methyl sites for hydroxylation is 1. The summed E-state index contributed by atoms with van der Waals surface area (Å²) in [6.45, 7) is 12.8. The monoisotopic (exact) mass is 456 g/mol. The Bertz CT molecular complexity index is 587. The Kier molecular flexibility index (Phi) is 6.80. The van der Waals surface area contributed by atoms with Gasteiger partial charge in [-0.1, -0.05) is 5.16 Å². The molecule has 0 bridgehead atoms. The van der Waals surface area contributed by atoms with Gasteiger partial charge in [0, 0.05) is 0 Å². The minimum atomic E-state index is -1.36. The number of aromatic nitrogens is 1. The molecule has 132 valence electrons. The highest BCUT2D eigenvalue weighted by molar-refractivity contribution is 14.1. The number of carbonyl (C=O) groups excluding carboxylic acids is 1. The van der Waals surface area contributed by atoms with Crippen molar-refractivity contribution >= 4 is 39.5 Å². The van der Waals surface area contributed by atoms with Gasteiger partial charge < -0.3 is 9.26 Å². The van der Waals surface area contributed by atoms with Gasteiger partial charge in [-0.2, -0.15) is 0 Å². The fourth-order valence-corrected chi connectivity index (χ4v) is 3.01. The molecular weight excluding hydrogens is 431 g/mol. The summed E-state index contributed by atoms with van der Waals surface area (Å²) in [6, 6.07) is -0.557. The molecule has 6 nitrogen and oxygen atoms in total. The van der Waals surface area contributed by atoms with E-state index in [1.54, 1.807) is 0 Å². The van der Waals surface area contributed by atoms with Crippen LogP contribution in [0.1, 0.15) is 65.5 Å². The maximum Gasteiger partial charge on any atom is 0.308 e. The lowest BCUT2D eigenvalue weighted by atomic mass is 10.1. The van der Waals surface area contributed by atoms with E-state index in [0.717, 1.165) is 9.26 Å². The molecule has 0 saturated carbocycles. The number of nitrogens with one attached hydrogen (secondary N) is 1. The third kappa shape index (κ3) is 6.50. The van der Waals surface area contributed by atoms with Crippen LogP contribution in [0, 0.1) is 10.5 Å². The van der Waals surface area contributed by atoms with Crippen LogP contribution in [0.2, 0.25) is 0 Å². The maximum atomic E-state index is 12.4. The fraction of sp³-hybridized carbons (Fsp3) is 0.733. The number of ether oxygens (including phenoxy) is 1. The molecule has 0 aliphatic carbocycles. The van der Waals surface area contributed by atoms with Crippen molar-refractivity contribution in [2.75, 3.05) is 0 Å². The first kappa shape index (κ1) is 20.6. The van der Waals surface area contributed by atoms with Gasteiger partial charge >= 0.3 is 5.97 Å². The molecule has 1 N–H and O–H groups in total. The van der Waals surface area contributed by atoms with E-state index in [0.29, 0.717) is 5.76 Å². The lowest BCUT2D eigenvalue weighted by molar-refractivity contribution is -0.155. The molecule has 0 radical (unpaired) electrons. The summed E-state index contributed by atoms with van der Waals surface area (Å²) >= 11 is 2.11. The zero-order valence-electron chi connectivity index (χ0n) is 14.7. The SMILES string of the molecule is Cc1noc([C@H](CC(=O)OC(C)(C)C)N[S@@](=O)C(C)(C)C)c1I. The van der Waals surface area contributed by atoms with Gasteiger partial charge in [-0.05, 0) is 71.1 Å². The summed E-state index contributed by atoms with van der Waals surface area (Å²) in [7, 11) is -1.36. The van der Waals surface area contributed by atoms with Crippen LogP contribution in [0.4, 0.5) is 0 Å². The largest absolute Gasteiger partial charge is 0.460 e. The molecule has 0 amide bonds. The van der Waals surface area contributed by atoms with Gasteiger partial charge in [0.15, 0.2) is 5.76 Å². The molecule has 1 aromatic heterocycles. The summed E-state index contributed by atoms with van der Waals surface area (Å²) in [5.74, 6) is 0.123. The average Bonchev–Trinajstić information content (AvgIpc) is 2.65. The Morgan fingerprint density at radius 1 is 1.35 bits per heavy atom. The summed E-state index contributed by atoms with van der Waals surface area (Å²) in [5, 5.41) is 3.91. The summed E-state index contributed by atoms with van der Waals surface area (Å²) in [5.41, 5.74) is 0.160. The molecule has 1 aromatic rings. The number of carbonyl (C=O) groups is 1. The molecule has 0 unspecified atom stereocenters. The molecule has 1 heterocycles. The van der Waals surface area contributed by atoms with Gasteiger partial charge in [-0.15, -0.1) is 0 Å². The number of nitrogens with zero attached hydrogens (tertiary/aromatic N) is 1. The van der Waals surface area contributed by atoms with Crippen LogP contribution in [-0.4, -0.2) is 25.7 Å². The minimum Gasteiger partial charge on any atom is -0.460 e. The van der Waals surface area contributed by atoms with Crippen molar-refractivity contribution in [1.29, 1.82) is 0 Å². The second-order valence-corrected chi connectivity index (χ2v) is 10.4. The molecule has 0 spiro atoms. The highest BCUT2D eigenvalue weighted by Crippen LogP contribution is 2.27. The highest BCUT2D eigenvalue weighted by Gasteiger charge is 2.31. The topological polar surface area (TPSA) is 81.4 Å². The van der Waals surface area contributed by atoms with E-state index in [1.807, 2.05) is 48.5 Å². The normalized spacial score (nSPS) is 15.3. The summed E-state index contributed by atoms with van der Waals surface area (Å²) in [4.78, 5) is 12.2. The molecular formula is C15H25IN2O4S. The molecule has 1 rings (SSSR count). The van der Waals surface area contributed by atoms with Gasteiger partial charge in [0.25, 0.3) is 0 Å². The van der Waals surface area contributed by atoms with E-state index in [1.165, 1.54) is 0 Å². The first-order valence-corrected chi connectivity index (χ1v) is 9.55. The van der Waals surface area contributed by atoms with Gasteiger partial charge in [-0.25, -0.2) is 8.93 Å². The van der Waals surface area contributed by atoms with Crippen molar-refractivity contribution in [1.82, 2.24) is 9.88 Å². The Morgan fingerprint density at radius 3 is 2.30 bits per heavy atom. The molecule has 0 aromatic carbocycles. The zero-order valence-corrected chi connectivity index (χ0v) is 17.6. The van der Waals surface area contributed by atoms with Crippen LogP contribution in [0.25, 0.3) is 0 Å². The Hall–Kier alpha value is -0.480. The summed E-state index contributed by atoms with van der Waals surface area (Å²) in [6.07, 6.45) is 0.0176. The van der Waals surface area contributed by atoms with Gasteiger partial charge in [0.2, 0.25) is 0 Å². The van der Waals surface area contributed by atoms with Crippen LogP contribution in [0.5, 0.6) is 0 Å². The van der Waals surface area contributed by atoms with Crippen LogP contribution < -0.4 is 4.72 Å². The second-order valence-electron chi connectivity index (χ2n) is 7.29. The van der Waals surface area contributed by atoms with E-state index in [4.69, 9.17) is 9.26 Å². The fourth-order valence-electron chi connectivity index (χ4n) is 1.64. The van der Waals surface area contributed by atoms with E-state index < -0.39 is 27.4 Å². The Labute approximate surface area is 153 Å². The molecule has 0 fully saturated rings. The summed E-state index contributed by atoms with van der Waals surface area (Å²) < 4.78 is 26.4.